The number of nitrogens with zero attached hydrogens (tertiary/aromatic N) is 2. The van der Waals surface area contributed by atoms with Gasteiger partial charge < -0.3 is 10.2 Å². The maximum absolute atomic E-state index is 4.32. The number of rotatable bonds is 3. The van der Waals surface area contributed by atoms with Gasteiger partial charge in [-0.05, 0) is 31.2 Å². The Kier molecular flexibility index (Phi) is 3.87. The van der Waals surface area contributed by atoms with E-state index in [4.69, 9.17) is 0 Å². The number of hydrogen-bond donors (Lipinski definition) is 1. The van der Waals surface area contributed by atoms with Gasteiger partial charge in [0.1, 0.15) is 0 Å². The maximum Gasteiger partial charge on any atom is 0.0573 e. The van der Waals surface area contributed by atoms with Crippen molar-refractivity contribution < 1.29 is 0 Å². The fourth-order valence-corrected chi connectivity index (χ4v) is 2.40. The first-order valence-corrected chi connectivity index (χ1v) is 6.64. The number of hydrogen-bond acceptors (Lipinski definition) is 3. The van der Waals surface area contributed by atoms with E-state index in [2.05, 4.69) is 42.0 Å². The Morgan fingerprint density at radius 2 is 2.18 bits per heavy atom. The lowest BCUT2D eigenvalue weighted by Gasteiger charge is -2.36. The Labute approximate surface area is 104 Å². The van der Waals surface area contributed by atoms with Crippen molar-refractivity contribution in [2.45, 2.75) is 27.2 Å². The Balaban J connectivity index is 2.09. The van der Waals surface area contributed by atoms with Gasteiger partial charge in [0.05, 0.1) is 23.8 Å². The van der Waals surface area contributed by atoms with Crippen LogP contribution in [0.15, 0.2) is 18.5 Å². The van der Waals surface area contributed by atoms with Crippen LogP contribution in [0.5, 0.6) is 0 Å². The minimum Gasteiger partial charge on any atom is -0.384 e. The summed E-state index contributed by atoms with van der Waals surface area (Å²) in [5.41, 5.74) is 2.37. The zero-order chi connectivity index (χ0) is 12.3. The molecule has 94 valence electrons. The summed E-state index contributed by atoms with van der Waals surface area (Å²) in [5.74, 6) is 1.61. The molecule has 2 atom stereocenters. The van der Waals surface area contributed by atoms with Crippen molar-refractivity contribution in [2.75, 3.05) is 29.9 Å². The molecule has 1 aliphatic heterocycles. The highest BCUT2D eigenvalue weighted by molar-refractivity contribution is 5.55. The molecule has 1 N–H and O–H groups in total. The van der Waals surface area contributed by atoms with Crippen LogP contribution in [0.4, 0.5) is 11.4 Å². The third kappa shape index (κ3) is 2.90. The second-order valence-corrected chi connectivity index (χ2v) is 5.15. The van der Waals surface area contributed by atoms with E-state index in [9.17, 15) is 0 Å². The number of piperidine rings is 1. The molecule has 2 heterocycles. The quantitative estimate of drug-likeness (QED) is 0.870. The normalized spacial score (nSPS) is 24.8. The molecule has 3 heteroatoms. The molecule has 2 unspecified atom stereocenters. The van der Waals surface area contributed by atoms with Gasteiger partial charge in [-0.15, -0.1) is 0 Å². The van der Waals surface area contributed by atoms with Crippen LogP contribution in [0.25, 0.3) is 0 Å². The summed E-state index contributed by atoms with van der Waals surface area (Å²) in [7, 11) is 0. The second-order valence-electron chi connectivity index (χ2n) is 5.15. The summed E-state index contributed by atoms with van der Waals surface area (Å²) in [4.78, 5) is 6.78. The third-order valence-corrected chi connectivity index (χ3v) is 3.80. The highest BCUT2D eigenvalue weighted by Crippen LogP contribution is 2.27. The van der Waals surface area contributed by atoms with Gasteiger partial charge in [0, 0.05) is 19.6 Å². The molecule has 2 rings (SSSR count). The number of anilines is 2. The van der Waals surface area contributed by atoms with Gasteiger partial charge in [0.2, 0.25) is 0 Å². The standard InChI is InChI=1S/C14H23N3/c1-4-16-13-7-14(9-15-8-13)17-6-5-11(2)12(3)10-17/h7-9,11-12,16H,4-6,10H2,1-3H3. The Bertz CT molecular complexity index is 364. The third-order valence-electron chi connectivity index (χ3n) is 3.80. The number of aromatic nitrogens is 1. The summed E-state index contributed by atoms with van der Waals surface area (Å²) in [6.07, 6.45) is 5.15. The van der Waals surface area contributed by atoms with E-state index in [0.717, 1.165) is 37.2 Å². The summed E-state index contributed by atoms with van der Waals surface area (Å²) >= 11 is 0. The van der Waals surface area contributed by atoms with Crippen LogP contribution in [0.1, 0.15) is 27.2 Å². The highest BCUT2D eigenvalue weighted by Gasteiger charge is 2.22. The monoisotopic (exact) mass is 233 g/mol. The fourth-order valence-electron chi connectivity index (χ4n) is 2.40. The van der Waals surface area contributed by atoms with E-state index >= 15 is 0 Å². The van der Waals surface area contributed by atoms with Crippen LogP contribution in [0, 0.1) is 11.8 Å². The molecule has 17 heavy (non-hydrogen) atoms. The SMILES string of the molecule is CCNc1cncc(N2CCC(C)C(C)C2)c1. The maximum atomic E-state index is 4.32. The largest absolute Gasteiger partial charge is 0.384 e. The molecule has 1 aromatic heterocycles. The average Bonchev–Trinajstić information content (AvgIpc) is 2.33. The molecule has 0 aliphatic carbocycles. The molecule has 0 amide bonds. The summed E-state index contributed by atoms with van der Waals surface area (Å²) in [6.45, 7) is 10.1. The van der Waals surface area contributed by atoms with Crippen LogP contribution in [-0.2, 0) is 0 Å². The van der Waals surface area contributed by atoms with Crippen LogP contribution in [0.2, 0.25) is 0 Å². The molecule has 1 fully saturated rings. The fraction of sp³-hybridized carbons (Fsp3) is 0.643. The predicted molar refractivity (Wildman–Crippen MR) is 73.6 cm³/mol. The van der Waals surface area contributed by atoms with Crippen molar-refractivity contribution >= 4 is 11.4 Å². The lowest BCUT2D eigenvalue weighted by atomic mass is 9.88. The van der Waals surface area contributed by atoms with Gasteiger partial charge in [-0.25, -0.2) is 0 Å². The predicted octanol–water partition coefficient (Wildman–Crippen LogP) is 3.00. The van der Waals surface area contributed by atoms with Gasteiger partial charge in [-0.1, -0.05) is 13.8 Å². The summed E-state index contributed by atoms with van der Waals surface area (Å²) in [6, 6.07) is 2.21. The smallest absolute Gasteiger partial charge is 0.0573 e. The molecule has 0 bridgehead atoms. The average molecular weight is 233 g/mol. The van der Waals surface area contributed by atoms with Crippen molar-refractivity contribution in [1.29, 1.82) is 0 Å². The zero-order valence-electron chi connectivity index (χ0n) is 11.1. The Morgan fingerprint density at radius 3 is 2.88 bits per heavy atom. The first kappa shape index (κ1) is 12.2. The minimum absolute atomic E-state index is 0.770. The lowest BCUT2D eigenvalue weighted by Crippen LogP contribution is -2.38. The molecule has 3 nitrogen and oxygen atoms in total. The highest BCUT2D eigenvalue weighted by atomic mass is 15.1. The summed E-state index contributed by atoms with van der Waals surface area (Å²) in [5, 5.41) is 3.32. The topological polar surface area (TPSA) is 28.2 Å². The van der Waals surface area contributed by atoms with E-state index in [1.807, 2.05) is 12.4 Å². The minimum atomic E-state index is 0.770. The first-order valence-electron chi connectivity index (χ1n) is 6.64. The van der Waals surface area contributed by atoms with Gasteiger partial charge >= 0.3 is 0 Å². The van der Waals surface area contributed by atoms with Gasteiger partial charge in [-0.2, -0.15) is 0 Å². The first-order chi connectivity index (χ1) is 8.20. The molecule has 0 aromatic carbocycles. The molecule has 0 radical (unpaired) electrons. The molecule has 0 spiro atoms. The summed E-state index contributed by atoms with van der Waals surface area (Å²) < 4.78 is 0. The van der Waals surface area contributed by atoms with Crippen LogP contribution in [-0.4, -0.2) is 24.6 Å². The Hall–Kier alpha value is -1.25. The van der Waals surface area contributed by atoms with Crippen molar-refractivity contribution in [3.05, 3.63) is 18.5 Å². The number of pyridine rings is 1. The zero-order valence-corrected chi connectivity index (χ0v) is 11.1. The van der Waals surface area contributed by atoms with Crippen LogP contribution >= 0.6 is 0 Å². The van der Waals surface area contributed by atoms with Crippen molar-refractivity contribution in [1.82, 2.24) is 4.98 Å². The van der Waals surface area contributed by atoms with Gasteiger partial charge in [-0.3, -0.25) is 4.98 Å². The molecule has 1 aliphatic rings. The van der Waals surface area contributed by atoms with Gasteiger partial charge in [0.25, 0.3) is 0 Å². The van der Waals surface area contributed by atoms with Crippen molar-refractivity contribution in [3.8, 4) is 0 Å². The van der Waals surface area contributed by atoms with Crippen LogP contribution in [0.3, 0.4) is 0 Å². The number of nitrogens with one attached hydrogen (secondary N) is 1. The molecular weight excluding hydrogens is 210 g/mol. The molecular formula is C14H23N3. The van der Waals surface area contributed by atoms with Crippen LogP contribution < -0.4 is 10.2 Å². The van der Waals surface area contributed by atoms with E-state index in [1.54, 1.807) is 0 Å². The van der Waals surface area contributed by atoms with Crippen molar-refractivity contribution in [2.24, 2.45) is 11.8 Å². The van der Waals surface area contributed by atoms with E-state index in [1.165, 1.54) is 12.1 Å². The second kappa shape index (κ2) is 5.39. The van der Waals surface area contributed by atoms with E-state index < -0.39 is 0 Å². The molecule has 1 saturated heterocycles. The van der Waals surface area contributed by atoms with Crippen molar-refractivity contribution in [3.63, 3.8) is 0 Å². The lowest BCUT2D eigenvalue weighted by molar-refractivity contribution is 0.324. The Morgan fingerprint density at radius 1 is 1.35 bits per heavy atom. The van der Waals surface area contributed by atoms with Gasteiger partial charge in [0.15, 0.2) is 0 Å². The molecule has 0 saturated carbocycles. The van der Waals surface area contributed by atoms with E-state index in [-0.39, 0.29) is 0 Å². The molecule has 1 aromatic rings. The van der Waals surface area contributed by atoms with E-state index in [0.29, 0.717) is 0 Å².